The monoisotopic (exact) mass is 409 g/mol. The second kappa shape index (κ2) is 6.97. The van der Waals surface area contributed by atoms with E-state index in [0.717, 1.165) is 5.56 Å². The predicted molar refractivity (Wildman–Crippen MR) is 99.8 cm³/mol. The normalized spacial score (nSPS) is 15.1. The minimum atomic E-state index is -4.13. The molecule has 0 atom stereocenters. The molecule has 144 valence electrons. The topological polar surface area (TPSA) is 90.0 Å². The van der Waals surface area contributed by atoms with Crippen LogP contribution in [0.5, 0.6) is 5.75 Å². The Balaban J connectivity index is 1.95. The summed E-state index contributed by atoms with van der Waals surface area (Å²) in [5.74, 6) is -1.11. The Hall–Kier alpha value is -2.39. The molecular weight excluding hydrogens is 390 g/mol. The molecule has 1 aliphatic heterocycles. The van der Waals surface area contributed by atoms with E-state index in [4.69, 9.17) is 9.47 Å². The van der Waals surface area contributed by atoms with Crippen molar-refractivity contribution in [3.8, 4) is 5.75 Å². The fourth-order valence-corrected chi connectivity index (χ4v) is 5.15. The number of thiophene rings is 1. The minimum absolute atomic E-state index is 0.0933. The first kappa shape index (κ1) is 19.4. The Morgan fingerprint density at radius 3 is 2.56 bits per heavy atom. The fourth-order valence-electron chi connectivity index (χ4n) is 2.86. The molecule has 3 rings (SSSR count). The third-order valence-electron chi connectivity index (χ3n) is 4.33. The molecule has 7 nitrogen and oxygen atoms in total. The number of amides is 1. The molecule has 0 aliphatic carbocycles. The molecule has 0 spiro atoms. The molecule has 2 aromatic rings. The molecule has 9 heteroatoms. The Bertz CT molecular complexity index is 1020. The predicted octanol–water partition coefficient (Wildman–Crippen LogP) is 3.15. The number of carbonyl (C=O) groups excluding carboxylic acids is 2. The molecule has 0 bridgehead atoms. The van der Waals surface area contributed by atoms with Gasteiger partial charge in [-0.05, 0) is 41.5 Å². The van der Waals surface area contributed by atoms with Gasteiger partial charge in [-0.1, -0.05) is 13.8 Å². The zero-order valence-electron chi connectivity index (χ0n) is 15.3. The van der Waals surface area contributed by atoms with Crippen LogP contribution in [0.1, 0.15) is 50.9 Å². The van der Waals surface area contributed by atoms with Crippen LogP contribution < -0.4 is 4.74 Å². The molecule has 0 fully saturated rings. The molecule has 1 aromatic carbocycles. The smallest absolute Gasteiger partial charge is 0.350 e. The lowest BCUT2D eigenvalue weighted by molar-refractivity contribution is 0.0362. The van der Waals surface area contributed by atoms with Gasteiger partial charge < -0.3 is 9.47 Å². The van der Waals surface area contributed by atoms with Crippen molar-refractivity contribution in [3.63, 3.8) is 0 Å². The maximum absolute atomic E-state index is 12.9. The van der Waals surface area contributed by atoms with Crippen LogP contribution in [0.15, 0.2) is 28.5 Å². The van der Waals surface area contributed by atoms with E-state index in [1.165, 1.54) is 24.5 Å². The molecule has 27 heavy (non-hydrogen) atoms. The van der Waals surface area contributed by atoms with Crippen LogP contribution >= 0.6 is 11.3 Å². The number of sulfonamides is 1. The lowest BCUT2D eigenvalue weighted by atomic mass is 9.96. The number of hydrogen-bond donors (Lipinski definition) is 0. The van der Waals surface area contributed by atoms with Crippen molar-refractivity contribution in [2.75, 3.05) is 13.8 Å². The Kier molecular flexibility index (Phi) is 5.00. The van der Waals surface area contributed by atoms with E-state index in [1.54, 1.807) is 24.4 Å². The molecule has 1 amide bonds. The van der Waals surface area contributed by atoms with Crippen molar-refractivity contribution in [2.24, 2.45) is 0 Å². The standard InChI is InChI=1S/C18H19NO6S2/c1-10(2)13-7-12(24-4)8-14-15(13)17(20)19(27(14,22)23)9-25-18(21)16-11(3)5-6-26-16/h5-8,10H,9H2,1-4H3. The Labute approximate surface area is 161 Å². The van der Waals surface area contributed by atoms with Crippen molar-refractivity contribution in [1.82, 2.24) is 4.31 Å². The first-order valence-electron chi connectivity index (χ1n) is 8.18. The van der Waals surface area contributed by atoms with Gasteiger partial charge >= 0.3 is 5.97 Å². The van der Waals surface area contributed by atoms with Gasteiger partial charge in [-0.25, -0.2) is 13.2 Å². The van der Waals surface area contributed by atoms with E-state index in [2.05, 4.69) is 0 Å². The van der Waals surface area contributed by atoms with Gasteiger partial charge in [0.25, 0.3) is 15.9 Å². The molecule has 0 saturated carbocycles. The van der Waals surface area contributed by atoms with E-state index >= 15 is 0 Å². The number of esters is 1. The van der Waals surface area contributed by atoms with Crippen LogP contribution in [0.25, 0.3) is 0 Å². The van der Waals surface area contributed by atoms with Gasteiger partial charge in [0.1, 0.15) is 15.5 Å². The van der Waals surface area contributed by atoms with Crippen molar-refractivity contribution in [3.05, 3.63) is 45.1 Å². The van der Waals surface area contributed by atoms with Gasteiger partial charge in [0.05, 0.1) is 12.7 Å². The van der Waals surface area contributed by atoms with E-state index in [1.807, 2.05) is 13.8 Å². The van der Waals surface area contributed by atoms with Crippen LogP contribution in [0.2, 0.25) is 0 Å². The number of benzene rings is 1. The van der Waals surface area contributed by atoms with Crippen LogP contribution in [-0.4, -0.2) is 38.4 Å². The Morgan fingerprint density at radius 2 is 2.00 bits per heavy atom. The largest absolute Gasteiger partial charge is 0.497 e. The summed E-state index contributed by atoms with van der Waals surface area (Å²) in [6, 6.07) is 4.73. The molecular formula is C18H19NO6S2. The number of rotatable bonds is 5. The minimum Gasteiger partial charge on any atom is -0.497 e. The van der Waals surface area contributed by atoms with Crippen molar-refractivity contribution < 1.29 is 27.5 Å². The maximum atomic E-state index is 12.9. The van der Waals surface area contributed by atoms with Crippen molar-refractivity contribution >= 4 is 33.2 Å². The zero-order chi connectivity index (χ0) is 19.9. The lowest BCUT2D eigenvalue weighted by Crippen LogP contribution is -2.33. The number of fused-ring (bicyclic) bond motifs is 1. The number of methoxy groups -OCH3 is 1. The number of hydrogen-bond acceptors (Lipinski definition) is 7. The first-order chi connectivity index (χ1) is 12.7. The van der Waals surface area contributed by atoms with Gasteiger partial charge in [-0.15, -0.1) is 11.3 Å². The number of ether oxygens (including phenoxy) is 2. The second-order valence-electron chi connectivity index (χ2n) is 6.40. The fraction of sp³-hybridized carbons (Fsp3) is 0.333. The van der Waals surface area contributed by atoms with E-state index in [0.29, 0.717) is 20.5 Å². The molecule has 0 radical (unpaired) electrons. The summed E-state index contributed by atoms with van der Waals surface area (Å²) in [6.07, 6.45) is 0. The summed E-state index contributed by atoms with van der Waals surface area (Å²) in [4.78, 5) is 25.3. The maximum Gasteiger partial charge on any atom is 0.350 e. The zero-order valence-corrected chi connectivity index (χ0v) is 16.9. The average Bonchev–Trinajstić information content (AvgIpc) is 3.12. The summed E-state index contributed by atoms with van der Waals surface area (Å²) in [7, 11) is -2.70. The van der Waals surface area contributed by atoms with Crippen LogP contribution in [0.4, 0.5) is 0 Å². The molecule has 0 saturated heterocycles. The molecule has 1 aliphatic rings. The van der Waals surface area contributed by atoms with Crippen molar-refractivity contribution in [2.45, 2.75) is 31.6 Å². The Morgan fingerprint density at radius 1 is 1.30 bits per heavy atom. The summed E-state index contributed by atoms with van der Waals surface area (Å²) in [5.41, 5.74) is 1.41. The number of nitrogens with zero attached hydrogens (tertiary/aromatic N) is 1. The average molecular weight is 409 g/mol. The highest BCUT2D eigenvalue weighted by Crippen LogP contribution is 2.38. The van der Waals surface area contributed by atoms with Crippen LogP contribution in [-0.2, 0) is 14.8 Å². The molecule has 0 unspecified atom stereocenters. The highest BCUT2D eigenvalue weighted by atomic mass is 32.2. The van der Waals surface area contributed by atoms with Crippen LogP contribution in [0, 0.1) is 6.92 Å². The third-order valence-corrected chi connectivity index (χ3v) is 7.06. The third kappa shape index (κ3) is 3.21. The number of carbonyl (C=O) groups is 2. The van der Waals surface area contributed by atoms with Crippen LogP contribution in [0.3, 0.4) is 0 Å². The molecule has 2 heterocycles. The highest BCUT2D eigenvalue weighted by Gasteiger charge is 2.44. The van der Waals surface area contributed by atoms with E-state index in [9.17, 15) is 18.0 Å². The summed E-state index contributed by atoms with van der Waals surface area (Å²) < 4.78 is 36.6. The van der Waals surface area contributed by atoms with Gasteiger partial charge in [0.15, 0.2) is 6.73 Å². The SMILES string of the molecule is COc1cc(C(C)C)c2c(c1)S(=O)(=O)N(COC(=O)c1sccc1C)C2=O. The molecule has 0 N–H and O–H groups in total. The first-order valence-corrected chi connectivity index (χ1v) is 10.5. The van der Waals surface area contributed by atoms with Gasteiger partial charge in [-0.3, -0.25) is 4.79 Å². The highest BCUT2D eigenvalue weighted by molar-refractivity contribution is 7.90. The lowest BCUT2D eigenvalue weighted by Gasteiger charge is -2.15. The quantitative estimate of drug-likeness (QED) is 0.705. The van der Waals surface area contributed by atoms with Gasteiger partial charge in [0.2, 0.25) is 0 Å². The van der Waals surface area contributed by atoms with Gasteiger partial charge in [0, 0.05) is 6.07 Å². The summed E-state index contributed by atoms with van der Waals surface area (Å²) >= 11 is 1.20. The van der Waals surface area contributed by atoms with Crippen molar-refractivity contribution in [1.29, 1.82) is 0 Å². The summed E-state index contributed by atoms with van der Waals surface area (Å²) in [6.45, 7) is 4.79. The van der Waals surface area contributed by atoms with E-state index < -0.39 is 28.6 Å². The molecule has 1 aromatic heterocycles. The summed E-state index contributed by atoms with van der Waals surface area (Å²) in [5, 5.41) is 1.74. The second-order valence-corrected chi connectivity index (χ2v) is 9.14. The van der Waals surface area contributed by atoms with Gasteiger partial charge in [-0.2, -0.15) is 4.31 Å². The van der Waals surface area contributed by atoms with E-state index in [-0.39, 0.29) is 16.4 Å². The number of aryl methyl sites for hydroxylation is 1.